The highest BCUT2D eigenvalue weighted by molar-refractivity contribution is 5.93. The number of halogens is 2. The van der Waals surface area contributed by atoms with Gasteiger partial charge in [-0.25, -0.2) is 27.7 Å². The van der Waals surface area contributed by atoms with Gasteiger partial charge in [0.15, 0.2) is 11.3 Å². The molecule has 1 aliphatic heterocycles. The third-order valence-corrected chi connectivity index (χ3v) is 6.68. The van der Waals surface area contributed by atoms with Gasteiger partial charge in [0.25, 0.3) is 5.91 Å². The van der Waals surface area contributed by atoms with Crippen molar-refractivity contribution in [3.8, 4) is 0 Å². The van der Waals surface area contributed by atoms with Crippen molar-refractivity contribution in [3.05, 3.63) is 41.1 Å². The zero-order valence-corrected chi connectivity index (χ0v) is 20.5. The standard InChI is InChI=1S/C18H20N8O3.C6H10F2/c27-17(16-15(12-2-3-12)23-29-24-16)20-8-13-10-26-14(22-13)6-11(7-21-26)9-25-5-1-4-19-18(25)28;7-6(8)4-2-1-3-5-6/h6-7,10,12H,1-5,8-9H2,(H,19,28)(H,20,27);1-5H2. The topological polar surface area (TPSA) is 131 Å². The quantitative estimate of drug-likeness (QED) is 0.513. The van der Waals surface area contributed by atoms with Gasteiger partial charge in [0.05, 0.1) is 24.6 Å². The van der Waals surface area contributed by atoms with Crippen molar-refractivity contribution < 1.29 is 23.0 Å². The second-order valence-electron chi connectivity index (χ2n) is 9.78. The lowest BCUT2D eigenvalue weighted by atomic mass is 9.97. The highest BCUT2D eigenvalue weighted by Crippen LogP contribution is 2.40. The highest BCUT2D eigenvalue weighted by Gasteiger charge is 2.33. The summed E-state index contributed by atoms with van der Waals surface area (Å²) in [6.07, 6.45) is 9.09. The molecule has 3 aromatic rings. The summed E-state index contributed by atoms with van der Waals surface area (Å²) in [7, 11) is 0. The molecular weight excluding hydrogens is 486 g/mol. The number of hydrogen-bond donors (Lipinski definition) is 2. The summed E-state index contributed by atoms with van der Waals surface area (Å²) < 4.78 is 30.8. The summed E-state index contributed by atoms with van der Waals surface area (Å²) in [5.41, 5.74) is 3.11. The molecule has 0 bridgehead atoms. The number of carbonyl (C=O) groups excluding carboxylic acids is 2. The first kappa shape index (κ1) is 25.0. The van der Waals surface area contributed by atoms with E-state index in [1.54, 1.807) is 21.8 Å². The van der Waals surface area contributed by atoms with Gasteiger partial charge >= 0.3 is 6.03 Å². The van der Waals surface area contributed by atoms with Crippen LogP contribution in [-0.4, -0.2) is 60.8 Å². The Bertz CT molecular complexity index is 1250. The molecular formula is C24H30F2N8O3. The molecule has 0 radical (unpaired) electrons. The number of nitrogens with one attached hydrogen (secondary N) is 2. The van der Waals surface area contributed by atoms with Crippen LogP contribution in [0, 0.1) is 0 Å². The summed E-state index contributed by atoms with van der Waals surface area (Å²) in [4.78, 5) is 30.6. The van der Waals surface area contributed by atoms with Crippen LogP contribution in [0.4, 0.5) is 13.6 Å². The molecule has 3 aliphatic rings. The summed E-state index contributed by atoms with van der Waals surface area (Å²) in [6.45, 7) is 2.16. The van der Waals surface area contributed by atoms with E-state index in [9.17, 15) is 18.4 Å². The van der Waals surface area contributed by atoms with Crippen LogP contribution in [0.1, 0.15) is 84.7 Å². The Morgan fingerprint density at radius 3 is 2.70 bits per heavy atom. The lowest BCUT2D eigenvalue weighted by Crippen LogP contribution is -2.45. The number of fused-ring (bicyclic) bond motifs is 1. The minimum atomic E-state index is -2.32. The van der Waals surface area contributed by atoms with E-state index in [0.717, 1.165) is 37.8 Å². The summed E-state index contributed by atoms with van der Waals surface area (Å²) in [5, 5.41) is 17.6. The maximum Gasteiger partial charge on any atom is 0.317 e. The van der Waals surface area contributed by atoms with Crippen LogP contribution in [-0.2, 0) is 13.1 Å². The van der Waals surface area contributed by atoms with Crippen molar-refractivity contribution in [1.82, 2.24) is 40.4 Å². The smallest absolute Gasteiger partial charge is 0.317 e. The van der Waals surface area contributed by atoms with Gasteiger partial charge in [0, 0.05) is 38.4 Å². The largest absolute Gasteiger partial charge is 0.345 e. The van der Waals surface area contributed by atoms with Gasteiger partial charge in [0.1, 0.15) is 5.69 Å². The molecule has 0 unspecified atom stereocenters. The van der Waals surface area contributed by atoms with E-state index in [0.29, 0.717) is 43.0 Å². The van der Waals surface area contributed by atoms with Gasteiger partial charge in [-0.2, -0.15) is 5.10 Å². The number of hydrogen-bond acceptors (Lipinski definition) is 7. The fraction of sp³-hybridized carbons (Fsp3) is 0.583. The molecule has 2 saturated carbocycles. The van der Waals surface area contributed by atoms with Crippen LogP contribution in [0.25, 0.3) is 5.65 Å². The van der Waals surface area contributed by atoms with Crippen molar-refractivity contribution in [2.24, 2.45) is 0 Å². The van der Waals surface area contributed by atoms with Gasteiger partial charge in [-0.1, -0.05) is 11.6 Å². The van der Waals surface area contributed by atoms with Crippen LogP contribution < -0.4 is 10.6 Å². The van der Waals surface area contributed by atoms with E-state index in [1.807, 2.05) is 6.07 Å². The van der Waals surface area contributed by atoms with Crippen molar-refractivity contribution in [2.75, 3.05) is 13.1 Å². The Hall–Kier alpha value is -3.64. The molecule has 13 heteroatoms. The minimum Gasteiger partial charge on any atom is -0.345 e. The van der Waals surface area contributed by atoms with Gasteiger partial charge in [-0.05, 0) is 48.9 Å². The molecule has 3 amide bonds. The Morgan fingerprint density at radius 1 is 1.19 bits per heavy atom. The fourth-order valence-electron chi connectivity index (χ4n) is 4.49. The van der Waals surface area contributed by atoms with Crippen LogP contribution in [0.5, 0.6) is 0 Å². The van der Waals surface area contributed by atoms with Crippen LogP contribution in [0.15, 0.2) is 23.1 Å². The maximum atomic E-state index is 12.4. The van der Waals surface area contributed by atoms with E-state index in [1.165, 1.54) is 0 Å². The molecule has 11 nitrogen and oxygen atoms in total. The molecule has 198 valence electrons. The van der Waals surface area contributed by atoms with Crippen molar-refractivity contribution >= 4 is 17.6 Å². The highest BCUT2D eigenvalue weighted by atomic mass is 19.3. The van der Waals surface area contributed by atoms with Gasteiger partial charge in [0.2, 0.25) is 5.92 Å². The second kappa shape index (κ2) is 10.8. The number of imidazole rings is 1. The zero-order valence-electron chi connectivity index (χ0n) is 20.5. The molecule has 37 heavy (non-hydrogen) atoms. The zero-order chi connectivity index (χ0) is 25.8. The van der Waals surface area contributed by atoms with Crippen LogP contribution >= 0.6 is 0 Å². The van der Waals surface area contributed by atoms with Crippen molar-refractivity contribution in [3.63, 3.8) is 0 Å². The number of aromatic nitrogens is 5. The fourth-order valence-corrected chi connectivity index (χ4v) is 4.49. The molecule has 3 aromatic heterocycles. The number of alkyl halides is 2. The van der Waals surface area contributed by atoms with Crippen LogP contribution in [0.2, 0.25) is 0 Å². The SMILES string of the molecule is FC1(F)CCCCC1.O=C(NCc1cn2ncc(CN3CCCNC3=O)cc2n1)c1nonc1C1CC1. The molecule has 0 aromatic carbocycles. The van der Waals surface area contributed by atoms with Crippen molar-refractivity contribution in [2.45, 2.75) is 76.3 Å². The van der Waals surface area contributed by atoms with Crippen LogP contribution in [0.3, 0.4) is 0 Å². The van der Waals surface area contributed by atoms with Gasteiger partial charge < -0.3 is 15.5 Å². The third kappa shape index (κ3) is 6.38. The maximum absolute atomic E-state index is 12.4. The van der Waals surface area contributed by atoms with Gasteiger partial charge in [-0.15, -0.1) is 0 Å². The number of rotatable bonds is 6. The number of amides is 3. The molecule has 2 aliphatic carbocycles. The Labute approximate surface area is 211 Å². The predicted octanol–water partition coefficient (Wildman–Crippen LogP) is 3.42. The molecule has 1 saturated heterocycles. The molecule has 0 spiro atoms. The van der Waals surface area contributed by atoms with E-state index in [-0.39, 0.29) is 42.9 Å². The number of urea groups is 1. The third-order valence-electron chi connectivity index (χ3n) is 6.68. The summed E-state index contributed by atoms with van der Waals surface area (Å²) >= 11 is 0. The van der Waals surface area contributed by atoms with E-state index in [2.05, 4.69) is 31.0 Å². The Kier molecular flexibility index (Phi) is 7.28. The average molecular weight is 517 g/mol. The van der Waals surface area contributed by atoms with E-state index < -0.39 is 5.92 Å². The summed E-state index contributed by atoms with van der Waals surface area (Å²) in [6, 6.07) is 1.84. The molecule has 0 atom stereocenters. The number of carbonyl (C=O) groups is 2. The monoisotopic (exact) mass is 516 g/mol. The van der Waals surface area contributed by atoms with E-state index in [4.69, 9.17) is 4.63 Å². The molecule has 6 rings (SSSR count). The lowest BCUT2D eigenvalue weighted by Gasteiger charge is -2.27. The first-order valence-corrected chi connectivity index (χ1v) is 12.7. The Morgan fingerprint density at radius 2 is 2.00 bits per heavy atom. The summed E-state index contributed by atoms with van der Waals surface area (Å²) in [5.74, 6) is -2.37. The molecule has 4 heterocycles. The average Bonchev–Trinajstić information content (AvgIpc) is 3.45. The lowest BCUT2D eigenvalue weighted by molar-refractivity contribution is -0.0337. The number of nitrogens with zero attached hydrogens (tertiary/aromatic N) is 6. The van der Waals surface area contributed by atoms with E-state index >= 15 is 0 Å². The molecule has 3 fully saturated rings. The molecule has 2 N–H and O–H groups in total. The first-order chi connectivity index (χ1) is 17.9. The first-order valence-electron chi connectivity index (χ1n) is 12.7. The normalized spacial score (nSPS) is 19.2. The van der Waals surface area contributed by atoms with Gasteiger partial charge in [-0.3, -0.25) is 4.79 Å². The van der Waals surface area contributed by atoms with Crippen molar-refractivity contribution in [1.29, 1.82) is 0 Å². The second-order valence-corrected chi connectivity index (χ2v) is 9.78. The Balaban J connectivity index is 0.000000301. The predicted molar refractivity (Wildman–Crippen MR) is 127 cm³/mol. The minimum absolute atomic E-state index is 0.0595.